The first-order chi connectivity index (χ1) is 27.6. The van der Waals surface area contributed by atoms with Crippen LogP contribution in [-0.2, 0) is 24.6 Å². The Kier molecular flexibility index (Phi) is 15.4. The zero-order chi connectivity index (χ0) is 40.7. The number of aromatic nitrogens is 1. The molecule has 13 heteroatoms. The van der Waals surface area contributed by atoms with E-state index in [0.717, 1.165) is 44.7 Å². The van der Waals surface area contributed by atoms with Gasteiger partial charge in [0.15, 0.2) is 0 Å². The molecule has 0 amide bonds. The van der Waals surface area contributed by atoms with Crippen LogP contribution in [0.4, 0.5) is 0 Å². The van der Waals surface area contributed by atoms with Crippen LogP contribution < -0.4 is 24.8 Å². The van der Waals surface area contributed by atoms with Crippen molar-refractivity contribution < 1.29 is 34.3 Å². The molecule has 1 atom stereocenters. The van der Waals surface area contributed by atoms with Gasteiger partial charge in [0, 0.05) is 31.7 Å². The number of nitrogens with zero attached hydrogens (tertiary/aromatic N) is 3. The van der Waals surface area contributed by atoms with Gasteiger partial charge in [-0.1, -0.05) is 60.1 Å². The average molecular weight is 790 g/mol. The number of carbonyl (C=O) groups is 1. The Morgan fingerprint density at radius 3 is 2.16 bits per heavy atom. The quantitative estimate of drug-likeness (QED) is 0.0541. The van der Waals surface area contributed by atoms with Crippen LogP contribution in [0.15, 0.2) is 84.9 Å². The summed E-state index contributed by atoms with van der Waals surface area (Å²) >= 11 is 6.70. The monoisotopic (exact) mass is 789 g/mol. The number of aliphatic hydroxyl groups is 2. The molecule has 4 aromatic carbocycles. The average Bonchev–Trinajstić information content (AvgIpc) is 3.20. The minimum absolute atomic E-state index is 0.00196. The van der Waals surface area contributed by atoms with Gasteiger partial charge in [-0.2, -0.15) is 15.5 Å². The maximum absolute atomic E-state index is 11.0. The summed E-state index contributed by atoms with van der Waals surface area (Å²) < 4.78 is 18.2. The SMILES string of the molecule is Cc1c(COc2nc(OCc3cc(C#N)cc(C#N)c3)c(CNC[C@@H](O)CC(=O)O)cc2Cl)cccc1-c1cccc(-c2ccc(OCCNCCO)cc2)c1C. The summed E-state index contributed by atoms with van der Waals surface area (Å²) in [6.07, 6.45) is -1.52. The van der Waals surface area contributed by atoms with E-state index in [1.54, 1.807) is 18.2 Å². The number of hydrogen-bond donors (Lipinski definition) is 5. The lowest BCUT2D eigenvalue weighted by Gasteiger charge is -2.18. The van der Waals surface area contributed by atoms with Crippen molar-refractivity contribution in [1.82, 2.24) is 15.6 Å². The third kappa shape index (κ3) is 11.8. The number of nitriles is 2. The molecule has 0 spiro atoms. The predicted molar refractivity (Wildman–Crippen MR) is 216 cm³/mol. The van der Waals surface area contributed by atoms with Crippen molar-refractivity contribution in [3.05, 3.63) is 129 Å². The summed E-state index contributed by atoms with van der Waals surface area (Å²) in [5, 5.41) is 53.2. The lowest BCUT2D eigenvalue weighted by atomic mass is 9.89. The van der Waals surface area contributed by atoms with Gasteiger partial charge in [0.25, 0.3) is 0 Å². The Labute approximate surface area is 336 Å². The zero-order valence-electron chi connectivity index (χ0n) is 31.7. The minimum atomic E-state index is -1.12. The summed E-state index contributed by atoms with van der Waals surface area (Å²) in [7, 11) is 0. The maximum atomic E-state index is 11.0. The highest BCUT2D eigenvalue weighted by Crippen LogP contribution is 2.36. The first-order valence-electron chi connectivity index (χ1n) is 18.3. The molecule has 0 saturated carbocycles. The smallest absolute Gasteiger partial charge is 0.306 e. The summed E-state index contributed by atoms with van der Waals surface area (Å²) in [5.74, 6) is -0.0488. The summed E-state index contributed by atoms with van der Waals surface area (Å²) in [5.41, 5.74) is 9.09. The minimum Gasteiger partial charge on any atom is -0.492 e. The highest BCUT2D eigenvalue weighted by atomic mass is 35.5. The largest absolute Gasteiger partial charge is 0.492 e. The number of pyridine rings is 1. The van der Waals surface area contributed by atoms with Crippen molar-refractivity contribution >= 4 is 17.6 Å². The molecule has 0 aliphatic heterocycles. The Balaban J connectivity index is 1.34. The third-order valence-electron chi connectivity index (χ3n) is 9.15. The molecular weight excluding hydrogens is 746 g/mol. The first-order valence-corrected chi connectivity index (χ1v) is 18.7. The molecule has 0 fully saturated rings. The van der Waals surface area contributed by atoms with Gasteiger partial charge in [-0.15, -0.1) is 0 Å². The second-order valence-electron chi connectivity index (χ2n) is 13.3. The summed E-state index contributed by atoms with van der Waals surface area (Å²) in [4.78, 5) is 15.6. The maximum Gasteiger partial charge on any atom is 0.306 e. The van der Waals surface area contributed by atoms with E-state index < -0.39 is 18.5 Å². The number of carboxylic acids is 1. The molecular formula is C44H44ClN5O7. The topological polar surface area (TPSA) is 190 Å². The van der Waals surface area contributed by atoms with E-state index in [1.165, 1.54) is 6.07 Å². The van der Waals surface area contributed by atoms with Crippen LogP contribution in [0, 0.1) is 36.5 Å². The van der Waals surface area contributed by atoms with Gasteiger partial charge in [0.1, 0.15) is 30.6 Å². The van der Waals surface area contributed by atoms with Gasteiger partial charge in [0.05, 0.1) is 42.4 Å². The molecule has 5 rings (SSSR count). The van der Waals surface area contributed by atoms with Crippen LogP contribution in [0.5, 0.6) is 17.5 Å². The van der Waals surface area contributed by atoms with E-state index in [0.29, 0.717) is 42.0 Å². The van der Waals surface area contributed by atoms with Gasteiger partial charge in [-0.3, -0.25) is 4.79 Å². The second kappa shape index (κ2) is 20.8. The van der Waals surface area contributed by atoms with Crippen LogP contribution in [0.3, 0.4) is 0 Å². The number of halogens is 1. The number of aliphatic hydroxyl groups excluding tert-OH is 2. The fourth-order valence-electron chi connectivity index (χ4n) is 6.24. The highest BCUT2D eigenvalue weighted by molar-refractivity contribution is 6.31. The normalized spacial score (nSPS) is 11.4. The van der Waals surface area contributed by atoms with E-state index in [1.807, 2.05) is 61.5 Å². The van der Waals surface area contributed by atoms with Crippen LogP contribution in [-0.4, -0.2) is 65.2 Å². The van der Waals surface area contributed by atoms with Gasteiger partial charge in [-0.25, -0.2) is 0 Å². The fraction of sp³-hybridized carbons (Fsp3) is 0.273. The molecule has 12 nitrogen and oxygen atoms in total. The van der Waals surface area contributed by atoms with Crippen molar-refractivity contribution in [2.75, 3.05) is 32.8 Å². The van der Waals surface area contributed by atoms with E-state index in [2.05, 4.69) is 40.7 Å². The lowest BCUT2D eigenvalue weighted by Crippen LogP contribution is -2.28. The Hall–Kier alpha value is -5.99. The standard InChI is InChI=1S/C44H44ClN5O7/c1-28-34(5-3-7-39(28)40-8-4-6-38(29(40)2)33-9-11-37(12-10-33)55-16-14-48-13-15-51)27-57-44-41(45)20-35(24-49-25-36(52)21-42(53)54)43(50-44)56-26-32-18-30(22-46)17-31(19-32)23-47/h3-12,17-20,36,48-49,51-52H,13-16,21,24-27H2,1-2H3,(H,53,54)/t36-/m0/s1. The number of carboxylic acid groups (broad SMARTS) is 1. The molecule has 1 heterocycles. The summed E-state index contributed by atoms with van der Waals surface area (Å²) in [6, 6.07) is 30.8. The molecule has 5 N–H and O–H groups in total. The molecule has 0 bridgehead atoms. The van der Waals surface area contributed by atoms with Crippen LogP contribution in [0.1, 0.15) is 45.4 Å². The summed E-state index contributed by atoms with van der Waals surface area (Å²) in [6.45, 7) is 6.19. The van der Waals surface area contributed by atoms with Gasteiger partial charge in [0.2, 0.25) is 11.8 Å². The van der Waals surface area contributed by atoms with Crippen LogP contribution >= 0.6 is 11.6 Å². The van der Waals surface area contributed by atoms with E-state index in [-0.39, 0.29) is 49.7 Å². The van der Waals surface area contributed by atoms with Crippen molar-refractivity contribution in [2.24, 2.45) is 0 Å². The predicted octanol–water partition coefficient (Wildman–Crippen LogP) is 6.47. The van der Waals surface area contributed by atoms with Crippen molar-refractivity contribution in [3.63, 3.8) is 0 Å². The fourth-order valence-corrected chi connectivity index (χ4v) is 6.47. The lowest BCUT2D eigenvalue weighted by molar-refractivity contribution is -0.139. The van der Waals surface area contributed by atoms with E-state index in [9.17, 15) is 20.4 Å². The zero-order valence-corrected chi connectivity index (χ0v) is 32.5. The molecule has 1 aromatic heterocycles. The molecule has 294 valence electrons. The number of ether oxygens (including phenoxy) is 3. The number of aliphatic carboxylic acids is 1. The van der Waals surface area contributed by atoms with E-state index >= 15 is 0 Å². The second-order valence-corrected chi connectivity index (χ2v) is 13.7. The molecule has 0 unspecified atom stereocenters. The Bertz CT molecular complexity index is 2220. The number of nitrogens with one attached hydrogen (secondary N) is 2. The van der Waals surface area contributed by atoms with Crippen LogP contribution in [0.2, 0.25) is 5.02 Å². The number of benzene rings is 4. The van der Waals surface area contributed by atoms with Gasteiger partial charge < -0.3 is 40.2 Å². The van der Waals surface area contributed by atoms with Gasteiger partial charge >= 0.3 is 5.97 Å². The highest BCUT2D eigenvalue weighted by Gasteiger charge is 2.18. The first kappa shape index (κ1) is 42.2. The van der Waals surface area contributed by atoms with Crippen LogP contribution in [0.25, 0.3) is 22.3 Å². The third-order valence-corrected chi connectivity index (χ3v) is 9.42. The molecule has 0 radical (unpaired) electrons. The molecule has 0 saturated heterocycles. The van der Waals surface area contributed by atoms with Crippen molar-refractivity contribution in [3.8, 4) is 51.9 Å². The Morgan fingerprint density at radius 1 is 0.807 bits per heavy atom. The van der Waals surface area contributed by atoms with E-state index in [4.69, 9.17) is 36.0 Å². The van der Waals surface area contributed by atoms with Crippen molar-refractivity contribution in [1.29, 1.82) is 10.5 Å². The molecule has 0 aliphatic rings. The van der Waals surface area contributed by atoms with Gasteiger partial charge in [-0.05, 0) is 94.8 Å². The molecule has 57 heavy (non-hydrogen) atoms. The Morgan fingerprint density at radius 2 is 1.47 bits per heavy atom. The van der Waals surface area contributed by atoms with Crippen molar-refractivity contribution in [2.45, 2.75) is 46.1 Å². The molecule has 0 aliphatic carbocycles. The molecule has 5 aromatic rings. The number of rotatable bonds is 20. The number of hydrogen-bond acceptors (Lipinski definition) is 11.